The molecule has 27 heavy (non-hydrogen) atoms. The number of piperidine rings is 1. The van der Waals surface area contributed by atoms with Crippen molar-refractivity contribution in [3.05, 3.63) is 35.6 Å². The number of unbranched alkanes of at least 4 members (excludes halogenated alkanes) is 1. The van der Waals surface area contributed by atoms with Crippen molar-refractivity contribution in [1.82, 2.24) is 15.5 Å². The van der Waals surface area contributed by atoms with Crippen molar-refractivity contribution in [2.24, 2.45) is 5.92 Å². The number of halogens is 1. The third-order valence-corrected chi connectivity index (χ3v) is 4.88. The number of rotatable bonds is 8. The van der Waals surface area contributed by atoms with Crippen LogP contribution in [0.4, 0.5) is 9.18 Å². The molecule has 3 amide bonds. The molecule has 0 aliphatic carbocycles. The molecular formula is C20H30FN3O3. The van der Waals surface area contributed by atoms with Crippen LogP contribution in [0.1, 0.15) is 44.2 Å². The molecule has 0 radical (unpaired) electrons. The summed E-state index contributed by atoms with van der Waals surface area (Å²) >= 11 is 0. The maximum atomic E-state index is 13.3. The maximum Gasteiger partial charge on any atom is 0.317 e. The van der Waals surface area contributed by atoms with E-state index in [1.54, 1.807) is 24.1 Å². The lowest BCUT2D eigenvalue weighted by Crippen LogP contribution is -2.50. The molecule has 7 heteroatoms. The number of amides is 3. The quantitative estimate of drug-likeness (QED) is 0.683. The summed E-state index contributed by atoms with van der Waals surface area (Å²) in [6, 6.07) is 5.91. The first-order chi connectivity index (χ1) is 13.1. The van der Waals surface area contributed by atoms with Gasteiger partial charge in [0, 0.05) is 26.7 Å². The summed E-state index contributed by atoms with van der Waals surface area (Å²) in [6.07, 6.45) is 3.24. The molecule has 2 atom stereocenters. The van der Waals surface area contributed by atoms with Crippen molar-refractivity contribution in [3.63, 3.8) is 0 Å². The van der Waals surface area contributed by atoms with Gasteiger partial charge in [-0.3, -0.25) is 4.79 Å². The predicted octanol–water partition coefficient (Wildman–Crippen LogP) is 2.85. The van der Waals surface area contributed by atoms with E-state index in [2.05, 4.69) is 17.6 Å². The molecule has 1 aromatic carbocycles. The van der Waals surface area contributed by atoms with Crippen molar-refractivity contribution in [2.75, 3.05) is 33.4 Å². The lowest BCUT2D eigenvalue weighted by Gasteiger charge is -2.39. The highest BCUT2D eigenvalue weighted by Gasteiger charge is 2.35. The largest absolute Gasteiger partial charge is 0.383 e. The number of benzene rings is 1. The van der Waals surface area contributed by atoms with E-state index in [1.165, 1.54) is 12.1 Å². The summed E-state index contributed by atoms with van der Waals surface area (Å²) in [5, 5.41) is 5.79. The summed E-state index contributed by atoms with van der Waals surface area (Å²) < 4.78 is 18.2. The molecule has 1 aromatic rings. The predicted molar refractivity (Wildman–Crippen MR) is 102 cm³/mol. The lowest BCUT2D eigenvalue weighted by molar-refractivity contribution is -0.127. The van der Waals surface area contributed by atoms with Crippen LogP contribution in [0.15, 0.2) is 24.3 Å². The molecule has 2 rings (SSSR count). The Balaban J connectivity index is 2.08. The fraction of sp³-hybridized carbons (Fsp3) is 0.600. The third-order valence-electron chi connectivity index (χ3n) is 4.88. The van der Waals surface area contributed by atoms with E-state index in [0.717, 1.165) is 18.4 Å². The standard InChI is InChI=1S/C20H30FN3O3/c1-3-4-11-23-20(26)24-14-16(19(25)22-12-13-27-2)7-10-18(24)15-5-8-17(21)9-6-15/h5-6,8-9,16,18H,3-4,7,10-14H2,1-2H3,(H,22,25)(H,23,26)/t16-,18-/m0/s1. The lowest BCUT2D eigenvalue weighted by atomic mass is 9.88. The van der Waals surface area contributed by atoms with E-state index in [4.69, 9.17) is 4.74 Å². The van der Waals surface area contributed by atoms with Gasteiger partial charge in [-0.05, 0) is 37.0 Å². The third kappa shape index (κ3) is 6.20. The fourth-order valence-corrected chi connectivity index (χ4v) is 3.34. The van der Waals surface area contributed by atoms with Gasteiger partial charge < -0.3 is 20.3 Å². The Bertz CT molecular complexity index is 609. The van der Waals surface area contributed by atoms with Crippen LogP contribution in [0.5, 0.6) is 0 Å². The second kappa shape index (κ2) is 10.9. The number of hydrogen-bond acceptors (Lipinski definition) is 3. The van der Waals surface area contributed by atoms with Gasteiger partial charge in [-0.2, -0.15) is 0 Å². The molecule has 150 valence electrons. The monoisotopic (exact) mass is 379 g/mol. The smallest absolute Gasteiger partial charge is 0.317 e. The second-order valence-electron chi connectivity index (χ2n) is 6.86. The number of urea groups is 1. The number of ether oxygens (including phenoxy) is 1. The molecule has 0 bridgehead atoms. The SMILES string of the molecule is CCCCNC(=O)N1C[C@@H](C(=O)NCCOC)CC[C@H]1c1ccc(F)cc1. The molecule has 0 spiro atoms. The van der Waals surface area contributed by atoms with Crippen molar-refractivity contribution >= 4 is 11.9 Å². The number of likely N-dealkylation sites (tertiary alicyclic amines) is 1. The molecule has 0 saturated carbocycles. The minimum absolute atomic E-state index is 0.0593. The number of nitrogens with zero attached hydrogens (tertiary/aromatic N) is 1. The molecule has 0 aromatic heterocycles. The van der Waals surface area contributed by atoms with Crippen LogP contribution in [0.3, 0.4) is 0 Å². The Labute approximate surface area is 160 Å². The van der Waals surface area contributed by atoms with Gasteiger partial charge in [0.15, 0.2) is 0 Å². The zero-order valence-electron chi connectivity index (χ0n) is 16.2. The number of hydrogen-bond donors (Lipinski definition) is 2. The molecule has 6 nitrogen and oxygen atoms in total. The second-order valence-corrected chi connectivity index (χ2v) is 6.86. The van der Waals surface area contributed by atoms with E-state index in [9.17, 15) is 14.0 Å². The van der Waals surface area contributed by atoms with Gasteiger partial charge in [0.25, 0.3) is 0 Å². The Kier molecular flexibility index (Phi) is 8.51. The highest BCUT2D eigenvalue weighted by Crippen LogP contribution is 2.33. The summed E-state index contributed by atoms with van der Waals surface area (Å²) in [7, 11) is 1.59. The minimum Gasteiger partial charge on any atom is -0.383 e. The molecule has 1 aliphatic rings. The summed E-state index contributed by atoms with van der Waals surface area (Å²) in [5.74, 6) is -0.615. The van der Waals surface area contributed by atoms with E-state index in [0.29, 0.717) is 39.1 Å². The topological polar surface area (TPSA) is 70.7 Å². The van der Waals surface area contributed by atoms with Gasteiger partial charge in [0.2, 0.25) is 5.91 Å². The molecule has 1 heterocycles. The molecule has 0 unspecified atom stereocenters. The van der Waals surface area contributed by atoms with Crippen molar-refractivity contribution in [3.8, 4) is 0 Å². The van der Waals surface area contributed by atoms with Crippen LogP contribution >= 0.6 is 0 Å². The fourth-order valence-electron chi connectivity index (χ4n) is 3.34. The molecule has 2 N–H and O–H groups in total. The molecule has 1 aliphatic heterocycles. The van der Waals surface area contributed by atoms with Gasteiger partial charge in [-0.25, -0.2) is 9.18 Å². The van der Waals surface area contributed by atoms with Crippen molar-refractivity contribution in [2.45, 2.75) is 38.6 Å². The van der Waals surface area contributed by atoms with Gasteiger partial charge in [0.05, 0.1) is 18.6 Å². The average molecular weight is 379 g/mol. The number of methoxy groups -OCH3 is 1. The Morgan fingerprint density at radius 2 is 1.93 bits per heavy atom. The van der Waals surface area contributed by atoms with Crippen LogP contribution in [-0.2, 0) is 9.53 Å². The summed E-state index contributed by atoms with van der Waals surface area (Å²) in [6.45, 7) is 3.92. The Hall–Kier alpha value is -2.15. The number of carbonyl (C=O) groups excluding carboxylic acids is 2. The Morgan fingerprint density at radius 1 is 1.19 bits per heavy atom. The highest BCUT2D eigenvalue weighted by atomic mass is 19.1. The maximum absolute atomic E-state index is 13.3. The molecule has 1 saturated heterocycles. The number of nitrogens with one attached hydrogen (secondary N) is 2. The van der Waals surface area contributed by atoms with E-state index >= 15 is 0 Å². The van der Waals surface area contributed by atoms with Gasteiger partial charge in [0.1, 0.15) is 5.82 Å². The van der Waals surface area contributed by atoms with Crippen LogP contribution in [0, 0.1) is 11.7 Å². The first-order valence-corrected chi connectivity index (χ1v) is 9.63. The van der Waals surface area contributed by atoms with Crippen molar-refractivity contribution < 1.29 is 18.7 Å². The summed E-state index contributed by atoms with van der Waals surface area (Å²) in [4.78, 5) is 26.9. The van der Waals surface area contributed by atoms with Gasteiger partial charge in [-0.15, -0.1) is 0 Å². The zero-order chi connectivity index (χ0) is 19.6. The van der Waals surface area contributed by atoms with E-state index in [-0.39, 0.29) is 29.7 Å². The molecular weight excluding hydrogens is 349 g/mol. The Morgan fingerprint density at radius 3 is 2.59 bits per heavy atom. The first kappa shape index (κ1) is 21.2. The molecule has 1 fully saturated rings. The normalized spacial score (nSPS) is 19.6. The minimum atomic E-state index is -0.302. The van der Waals surface area contributed by atoms with Gasteiger partial charge in [-0.1, -0.05) is 25.5 Å². The van der Waals surface area contributed by atoms with E-state index < -0.39 is 0 Å². The number of carbonyl (C=O) groups is 2. The zero-order valence-corrected chi connectivity index (χ0v) is 16.2. The summed E-state index contributed by atoms with van der Waals surface area (Å²) in [5.41, 5.74) is 0.889. The first-order valence-electron chi connectivity index (χ1n) is 9.63. The van der Waals surface area contributed by atoms with Gasteiger partial charge >= 0.3 is 6.03 Å². The van der Waals surface area contributed by atoms with Crippen LogP contribution in [0.2, 0.25) is 0 Å². The average Bonchev–Trinajstić information content (AvgIpc) is 2.68. The van der Waals surface area contributed by atoms with Crippen molar-refractivity contribution in [1.29, 1.82) is 0 Å². The van der Waals surface area contributed by atoms with Crippen LogP contribution in [0.25, 0.3) is 0 Å². The van der Waals surface area contributed by atoms with E-state index in [1.807, 2.05) is 0 Å². The highest BCUT2D eigenvalue weighted by molar-refractivity contribution is 5.81. The van der Waals surface area contributed by atoms with Crippen LogP contribution < -0.4 is 10.6 Å². The van der Waals surface area contributed by atoms with Crippen LogP contribution in [-0.4, -0.2) is 50.2 Å².